The third-order valence-corrected chi connectivity index (χ3v) is 6.69. The van der Waals surface area contributed by atoms with Crippen LogP contribution in [0.2, 0.25) is 0 Å². The summed E-state index contributed by atoms with van der Waals surface area (Å²) in [6.07, 6.45) is 5.27. The van der Waals surface area contributed by atoms with Crippen LogP contribution in [0.4, 0.5) is 16.0 Å². The number of aromatic amines is 1. The summed E-state index contributed by atoms with van der Waals surface area (Å²) >= 11 is 0. The van der Waals surface area contributed by atoms with Gasteiger partial charge in [0.05, 0.1) is 24.1 Å². The molecule has 192 valence electrons. The predicted octanol–water partition coefficient (Wildman–Crippen LogP) is 3.75. The van der Waals surface area contributed by atoms with E-state index in [-0.39, 0.29) is 24.3 Å². The molecule has 0 spiro atoms. The van der Waals surface area contributed by atoms with Crippen molar-refractivity contribution in [3.05, 3.63) is 77.3 Å². The first-order valence-corrected chi connectivity index (χ1v) is 12.2. The molecule has 1 saturated carbocycles. The first-order chi connectivity index (χ1) is 17.7. The summed E-state index contributed by atoms with van der Waals surface area (Å²) in [5.41, 5.74) is 2.02. The summed E-state index contributed by atoms with van der Waals surface area (Å²) < 4.78 is 14.6. The Balaban J connectivity index is 1.23. The standard InChI is InChI=1S/C26H29FN8O2/c1-15-8-21(31-22(9-15)32-23-10-16(2)33-34-23)26(37)7-6-18(11-26)25(36)30-17(3)19-4-5-24(28-12-19)35-14-20(27)13-29-35/h4-5,8-10,12-14,17-18,37H,6-7,11H2,1-3H3,(H,30,36)(H2,31,32,33,34)/t17?,18-,26+/m0/s1. The lowest BCUT2D eigenvalue weighted by atomic mass is 9.94. The van der Waals surface area contributed by atoms with Crippen LogP contribution in [0.3, 0.4) is 0 Å². The molecule has 4 heterocycles. The Kier molecular flexibility index (Phi) is 6.46. The molecule has 4 N–H and O–H groups in total. The second-order valence-corrected chi connectivity index (χ2v) is 9.73. The van der Waals surface area contributed by atoms with E-state index in [4.69, 9.17) is 0 Å². The number of carbonyl (C=O) groups excluding carboxylic acids is 1. The predicted molar refractivity (Wildman–Crippen MR) is 135 cm³/mol. The summed E-state index contributed by atoms with van der Waals surface area (Å²) in [4.78, 5) is 22.0. The summed E-state index contributed by atoms with van der Waals surface area (Å²) in [7, 11) is 0. The molecule has 4 aromatic heterocycles. The zero-order valence-electron chi connectivity index (χ0n) is 20.9. The van der Waals surface area contributed by atoms with E-state index in [1.807, 2.05) is 45.0 Å². The Bertz CT molecular complexity index is 1420. The fourth-order valence-corrected chi connectivity index (χ4v) is 4.69. The highest BCUT2D eigenvalue weighted by Gasteiger charge is 2.43. The number of amides is 1. The quantitative estimate of drug-likeness (QED) is 0.301. The summed E-state index contributed by atoms with van der Waals surface area (Å²) in [6.45, 7) is 5.73. The number of hydrogen-bond donors (Lipinski definition) is 4. The molecule has 0 radical (unpaired) electrons. The molecule has 5 rings (SSSR count). The van der Waals surface area contributed by atoms with Gasteiger partial charge in [0.2, 0.25) is 5.91 Å². The zero-order valence-corrected chi connectivity index (χ0v) is 20.9. The number of aromatic nitrogens is 6. The Morgan fingerprint density at radius 3 is 2.76 bits per heavy atom. The first-order valence-electron chi connectivity index (χ1n) is 12.2. The van der Waals surface area contributed by atoms with E-state index in [1.165, 1.54) is 10.9 Å². The van der Waals surface area contributed by atoms with Crippen molar-refractivity contribution in [3.63, 3.8) is 0 Å². The molecular weight excluding hydrogens is 475 g/mol. The van der Waals surface area contributed by atoms with E-state index in [1.54, 1.807) is 12.3 Å². The van der Waals surface area contributed by atoms with Crippen molar-refractivity contribution in [2.24, 2.45) is 5.92 Å². The zero-order chi connectivity index (χ0) is 26.2. The maximum atomic E-state index is 13.2. The van der Waals surface area contributed by atoms with Crippen molar-refractivity contribution >= 4 is 17.5 Å². The fraction of sp³-hybridized carbons (Fsp3) is 0.346. The number of nitrogens with one attached hydrogen (secondary N) is 3. The van der Waals surface area contributed by atoms with E-state index in [9.17, 15) is 14.3 Å². The number of halogens is 1. The molecule has 1 aliphatic rings. The van der Waals surface area contributed by atoms with Gasteiger partial charge >= 0.3 is 0 Å². The van der Waals surface area contributed by atoms with Crippen molar-refractivity contribution in [2.75, 3.05) is 5.32 Å². The molecule has 0 aliphatic heterocycles. The van der Waals surface area contributed by atoms with Gasteiger partial charge < -0.3 is 15.7 Å². The molecule has 0 saturated heterocycles. The van der Waals surface area contributed by atoms with Gasteiger partial charge in [-0.15, -0.1) is 0 Å². The van der Waals surface area contributed by atoms with Crippen LogP contribution in [-0.4, -0.2) is 41.0 Å². The van der Waals surface area contributed by atoms with Crippen LogP contribution in [0.1, 0.15) is 54.7 Å². The minimum Gasteiger partial charge on any atom is -0.384 e. The van der Waals surface area contributed by atoms with Gasteiger partial charge in [-0.25, -0.2) is 19.0 Å². The minimum atomic E-state index is -1.20. The molecule has 3 atom stereocenters. The number of carbonyl (C=O) groups is 1. The first kappa shape index (κ1) is 24.6. The van der Waals surface area contributed by atoms with Crippen molar-refractivity contribution < 1.29 is 14.3 Å². The number of H-pyrrole nitrogens is 1. The monoisotopic (exact) mass is 504 g/mol. The number of pyridine rings is 2. The largest absolute Gasteiger partial charge is 0.384 e. The maximum absolute atomic E-state index is 13.2. The van der Waals surface area contributed by atoms with Crippen molar-refractivity contribution in [2.45, 2.75) is 51.7 Å². The van der Waals surface area contributed by atoms with Crippen LogP contribution in [-0.2, 0) is 10.4 Å². The highest BCUT2D eigenvalue weighted by Crippen LogP contribution is 2.42. The highest BCUT2D eigenvalue weighted by molar-refractivity contribution is 5.79. The lowest BCUT2D eigenvalue weighted by Gasteiger charge is -2.24. The van der Waals surface area contributed by atoms with Gasteiger partial charge in [-0.2, -0.15) is 10.2 Å². The maximum Gasteiger partial charge on any atom is 0.223 e. The lowest BCUT2D eigenvalue weighted by Crippen LogP contribution is -2.33. The number of nitrogens with zero attached hydrogens (tertiary/aromatic N) is 5. The van der Waals surface area contributed by atoms with Crippen LogP contribution in [0.5, 0.6) is 0 Å². The van der Waals surface area contributed by atoms with Gasteiger partial charge in [-0.1, -0.05) is 6.07 Å². The smallest absolute Gasteiger partial charge is 0.223 e. The van der Waals surface area contributed by atoms with Gasteiger partial charge in [0.1, 0.15) is 11.4 Å². The second-order valence-electron chi connectivity index (χ2n) is 9.73. The molecule has 1 amide bonds. The lowest BCUT2D eigenvalue weighted by molar-refractivity contribution is -0.126. The van der Waals surface area contributed by atoms with Crippen molar-refractivity contribution in [1.82, 2.24) is 35.3 Å². The van der Waals surface area contributed by atoms with Crippen molar-refractivity contribution in [1.29, 1.82) is 0 Å². The van der Waals surface area contributed by atoms with E-state index in [0.29, 0.717) is 36.0 Å². The number of rotatable bonds is 7. The van der Waals surface area contributed by atoms with Crippen LogP contribution in [0, 0.1) is 25.6 Å². The summed E-state index contributed by atoms with van der Waals surface area (Å²) in [6, 6.07) is 8.88. The minimum absolute atomic E-state index is 0.125. The van der Waals surface area contributed by atoms with Crippen molar-refractivity contribution in [3.8, 4) is 5.82 Å². The summed E-state index contributed by atoms with van der Waals surface area (Å²) in [5.74, 6) is 0.799. The Hall–Kier alpha value is -4.12. The highest BCUT2D eigenvalue weighted by atomic mass is 19.1. The van der Waals surface area contributed by atoms with E-state index >= 15 is 0 Å². The van der Waals surface area contributed by atoms with Gasteiger partial charge in [-0.05, 0) is 69.4 Å². The van der Waals surface area contributed by atoms with Gasteiger partial charge in [0.15, 0.2) is 17.5 Å². The average Bonchev–Trinajstić information content (AvgIpc) is 3.59. The molecular formula is C26H29FN8O2. The van der Waals surface area contributed by atoms with Gasteiger partial charge in [-0.3, -0.25) is 9.89 Å². The topological polar surface area (TPSA) is 134 Å². The average molecular weight is 505 g/mol. The Morgan fingerprint density at radius 2 is 2.08 bits per heavy atom. The molecule has 1 aliphatic carbocycles. The molecule has 1 unspecified atom stereocenters. The van der Waals surface area contributed by atoms with Crippen LogP contribution < -0.4 is 10.6 Å². The normalized spacial score (nSPS) is 20.1. The molecule has 11 heteroatoms. The summed E-state index contributed by atoms with van der Waals surface area (Å²) in [5, 5.41) is 28.6. The third-order valence-electron chi connectivity index (χ3n) is 6.69. The molecule has 4 aromatic rings. The Morgan fingerprint density at radius 1 is 1.24 bits per heavy atom. The number of hydrogen-bond acceptors (Lipinski definition) is 7. The molecule has 1 fully saturated rings. The van der Waals surface area contributed by atoms with Gasteiger partial charge in [0, 0.05) is 23.9 Å². The van der Waals surface area contributed by atoms with Crippen LogP contribution in [0.15, 0.2) is 48.9 Å². The SMILES string of the molecule is Cc1cc(Nc2cc(C)[nH]n2)nc([C@@]2(O)CC[C@H](C(=O)NC(C)c3ccc(-n4cc(F)cn4)nc3)C2)c1. The molecule has 37 heavy (non-hydrogen) atoms. The fourth-order valence-electron chi connectivity index (χ4n) is 4.69. The van der Waals surface area contributed by atoms with Gasteiger partial charge in [0.25, 0.3) is 0 Å². The van der Waals surface area contributed by atoms with E-state index in [2.05, 4.69) is 35.9 Å². The van der Waals surface area contributed by atoms with Crippen LogP contribution >= 0.6 is 0 Å². The number of aliphatic hydroxyl groups is 1. The van der Waals surface area contributed by atoms with E-state index in [0.717, 1.165) is 23.0 Å². The van der Waals surface area contributed by atoms with Crippen LogP contribution in [0.25, 0.3) is 5.82 Å². The Labute approximate surface area is 213 Å². The number of aryl methyl sites for hydroxylation is 2. The second kappa shape index (κ2) is 9.74. The number of anilines is 2. The molecule has 0 bridgehead atoms. The van der Waals surface area contributed by atoms with E-state index < -0.39 is 11.4 Å². The third kappa shape index (κ3) is 5.36. The molecule has 10 nitrogen and oxygen atoms in total. The molecule has 0 aromatic carbocycles.